The van der Waals surface area contributed by atoms with Crippen molar-refractivity contribution in [3.8, 4) is 0 Å². The first-order valence-electron chi connectivity index (χ1n) is 7.23. The Morgan fingerprint density at radius 2 is 1.84 bits per heavy atom. The topological polar surface area (TPSA) is 29.1 Å². The normalized spacial score (nSPS) is 10.6. The van der Waals surface area contributed by atoms with Gasteiger partial charge in [-0.2, -0.15) is 0 Å². The van der Waals surface area contributed by atoms with E-state index in [-0.39, 0.29) is 5.91 Å². The first-order valence-corrected chi connectivity index (χ1v) is 8.84. The zero-order valence-corrected chi connectivity index (χ0v) is 14.1. The van der Waals surface area contributed by atoms with Crippen LogP contribution in [0.3, 0.4) is 0 Å². The van der Waals surface area contributed by atoms with Crippen LogP contribution in [0.1, 0.15) is 63.2 Å². The zero-order chi connectivity index (χ0) is 13.9. The molecule has 108 valence electrons. The van der Waals surface area contributed by atoms with Crippen LogP contribution in [-0.4, -0.2) is 5.91 Å². The average Bonchev–Trinajstić information content (AvgIpc) is 2.81. The Morgan fingerprint density at radius 3 is 2.47 bits per heavy atom. The van der Waals surface area contributed by atoms with E-state index in [1.54, 1.807) is 11.3 Å². The number of carbonyl (C=O) groups excluding carboxylic acids is 1. The second-order valence-electron chi connectivity index (χ2n) is 4.85. The van der Waals surface area contributed by atoms with Gasteiger partial charge in [-0.25, -0.2) is 0 Å². The van der Waals surface area contributed by atoms with Crippen LogP contribution in [0.25, 0.3) is 0 Å². The van der Waals surface area contributed by atoms with Gasteiger partial charge >= 0.3 is 0 Å². The predicted octanol–water partition coefficient (Wildman–Crippen LogP) is 5.27. The number of hydrogen-bond acceptors (Lipinski definition) is 2. The minimum atomic E-state index is 0.179. The molecule has 1 amide bonds. The fourth-order valence-electron chi connectivity index (χ4n) is 1.96. The molecular weight excluding hydrogens is 322 g/mol. The molecule has 1 heterocycles. The third-order valence-electron chi connectivity index (χ3n) is 3.10. The summed E-state index contributed by atoms with van der Waals surface area (Å²) in [5, 5.41) is 2.97. The molecule has 2 nitrogen and oxygen atoms in total. The van der Waals surface area contributed by atoms with Crippen molar-refractivity contribution in [2.75, 3.05) is 0 Å². The van der Waals surface area contributed by atoms with Gasteiger partial charge in [0, 0.05) is 11.3 Å². The summed E-state index contributed by atoms with van der Waals surface area (Å²) < 4.78 is 1.11. The molecule has 0 aliphatic heterocycles. The van der Waals surface area contributed by atoms with E-state index in [0.717, 1.165) is 10.2 Å². The lowest BCUT2D eigenvalue weighted by Crippen LogP contribution is -2.21. The highest BCUT2D eigenvalue weighted by molar-refractivity contribution is 9.11. The van der Waals surface area contributed by atoms with Crippen LogP contribution < -0.4 is 5.32 Å². The SMILES string of the molecule is CCCCCCCCCC(=O)NCc1ccc(Br)s1. The van der Waals surface area contributed by atoms with Crippen LogP contribution in [0.2, 0.25) is 0 Å². The van der Waals surface area contributed by atoms with Crippen molar-refractivity contribution in [1.82, 2.24) is 5.32 Å². The molecule has 1 N–H and O–H groups in total. The summed E-state index contributed by atoms with van der Waals surface area (Å²) in [4.78, 5) is 12.8. The Morgan fingerprint density at radius 1 is 1.16 bits per heavy atom. The molecule has 0 aliphatic rings. The molecule has 0 spiro atoms. The number of unbranched alkanes of at least 4 members (excludes halogenated alkanes) is 6. The molecular formula is C15H24BrNOS. The van der Waals surface area contributed by atoms with E-state index in [1.165, 1.54) is 43.4 Å². The minimum absolute atomic E-state index is 0.179. The lowest BCUT2D eigenvalue weighted by Gasteiger charge is -2.04. The molecule has 1 aromatic rings. The third-order valence-corrected chi connectivity index (χ3v) is 4.72. The first kappa shape index (κ1) is 16.7. The standard InChI is InChI=1S/C15H24BrNOS/c1-2-3-4-5-6-7-8-9-15(18)17-12-13-10-11-14(16)19-13/h10-11H,2-9,12H2,1H3,(H,17,18). The second-order valence-corrected chi connectivity index (χ2v) is 7.40. The summed E-state index contributed by atoms with van der Waals surface area (Å²) in [7, 11) is 0. The molecule has 0 aromatic carbocycles. The van der Waals surface area contributed by atoms with E-state index < -0.39 is 0 Å². The van der Waals surface area contributed by atoms with Gasteiger partial charge in [0.25, 0.3) is 0 Å². The molecule has 0 atom stereocenters. The number of carbonyl (C=O) groups is 1. The van der Waals surface area contributed by atoms with Crippen molar-refractivity contribution in [3.63, 3.8) is 0 Å². The molecule has 0 radical (unpaired) electrons. The Balaban J connectivity index is 1.96. The molecule has 1 rings (SSSR count). The largest absolute Gasteiger partial charge is 0.351 e. The van der Waals surface area contributed by atoms with Crippen molar-refractivity contribution in [3.05, 3.63) is 20.8 Å². The maximum atomic E-state index is 11.6. The number of nitrogens with one attached hydrogen (secondary N) is 1. The number of hydrogen-bond donors (Lipinski definition) is 1. The van der Waals surface area contributed by atoms with Gasteiger partial charge < -0.3 is 5.32 Å². The molecule has 19 heavy (non-hydrogen) atoms. The summed E-state index contributed by atoms with van der Waals surface area (Å²) in [5.41, 5.74) is 0. The van der Waals surface area contributed by atoms with Gasteiger partial charge in [-0.3, -0.25) is 4.79 Å². The van der Waals surface area contributed by atoms with Crippen LogP contribution in [0.5, 0.6) is 0 Å². The van der Waals surface area contributed by atoms with Crippen LogP contribution in [0, 0.1) is 0 Å². The summed E-state index contributed by atoms with van der Waals surface area (Å²) in [6.45, 7) is 2.89. The quantitative estimate of drug-likeness (QED) is 0.575. The zero-order valence-electron chi connectivity index (χ0n) is 11.7. The van der Waals surface area contributed by atoms with Gasteiger partial charge in [0.2, 0.25) is 5.91 Å². The highest BCUT2D eigenvalue weighted by atomic mass is 79.9. The van der Waals surface area contributed by atoms with Crippen molar-refractivity contribution < 1.29 is 4.79 Å². The van der Waals surface area contributed by atoms with Gasteiger partial charge in [-0.05, 0) is 34.5 Å². The molecule has 0 saturated heterocycles. The number of halogens is 1. The Bertz CT molecular complexity index is 365. The molecule has 1 aromatic heterocycles. The van der Waals surface area contributed by atoms with Crippen molar-refractivity contribution in [1.29, 1.82) is 0 Å². The minimum Gasteiger partial charge on any atom is -0.351 e. The molecule has 0 unspecified atom stereocenters. The van der Waals surface area contributed by atoms with Gasteiger partial charge in [0.15, 0.2) is 0 Å². The third kappa shape index (κ3) is 8.43. The fourth-order valence-corrected chi connectivity index (χ4v) is 3.39. The van der Waals surface area contributed by atoms with E-state index in [4.69, 9.17) is 0 Å². The Labute approximate surface area is 129 Å². The fraction of sp³-hybridized carbons (Fsp3) is 0.667. The first-order chi connectivity index (χ1) is 9.22. The Kier molecular flexibility index (Phi) is 9.18. The average molecular weight is 346 g/mol. The van der Waals surface area contributed by atoms with E-state index >= 15 is 0 Å². The molecule has 0 bridgehead atoms. The van der Waals surface area contributed by atoms with Crippen LogP contribution in [-0.2, 0) is 11.3 Å². The van der Waals surface area contributed by atoms with E-state index in [9.17, 15) is 4.79 Å². The number of amides is 1. The van der Waals surface area contributed by atoms with Gasteiger partial charge in [0.1, 0.15) is 0 Å². The predicted molar refractivity (Wildman–Crippen MR) is 86.5 cm³/mol. The lowest BCUT2D eigenvalue weighted by atomic mass is 10.1. The smallest absolute Gasteiger partial charge is 0.220 e. The van der Waals surface area contributed by atoms with Gasteiger partial charge in [-0.15, -0.1) is 11.3 Å². The van der Waals surface area contributed by atoms with Gasteiger partial charge in [-0.1, -0.05) is 45.4 Å². The number of rotatable bonds is 10. The lowest BCUT2D eigenvalue weighted by molar-refractivity contribution is -0.121. The van der Waals surface area contributed by atoms with Crippen molar-refractivity contribution in [2.45, 2.75) is 64.8 Å². The number of thiophene rings is 1. The maximum absolute atomic E-state index is 11.6. The van der Waals surface area contributed by atoms with Crippen molar-refractivity contribution >= 4 is 33.2 Å². The maximum Gasteiger partial charge on any atom is 0.220 e. The van der Waals surface area contributed by atoms with Crippen LogP contribution in [0.4, 0.5) is 0 Å². The van der Waals surface area contributed by atoms with Crippen LogP contribution in [0.15, 0.2) is 15.9 Å². The monoisotopic (exact) mass is 345 g/mol. The molecule has 0 aliphatic carbocycles. The van der Waals surface area contributed by atoms with Crippen LogP contribution >= 0.6 is 27.3 Å². The summed E-state index contributed by atoms with van der Waals surface area (Å²) in [6.07, 6.45) is 9.44. The highest BCUT2D eigenvalue weighted by Gasteiger charge is 2.02. The van der Waals surface area contributed by atoms with E-state index in [1.807, 2.05) is 12.1 Å². The van der Waals surface area contributed by atoms with E-state index in [2.05, 4.69) is 28.2 Å². The Hall–Kier alpha value is -0.350. The van der Waals surface area contributed by atoms with Gasteiger partial charge in [0.05, 0.1) is 10.3 Å². The second kappa shape index (κ2) is 10.4. The van der Waals surface area contributed by atoms with Crippen molar-refractivity contribution in [2.24, 2.45) is 0 Å². The summed E-state index contributed by atoms with van der Waals surface area (Å²) in [5.74, 6) is 0.179. The summed E-state index contributed by atoms with van der Waals surface area (Å²) >= 11 is 5.09. The molecule has 0 saturated carbocycles. The summed E-state index contributed by atoms with van der Waals surface area (Å²) in [6, 6.07) is 4.06. The molecule has 0 fully saturated rings. The van der Waals surface area contributed by atoms with E-state index in [0.29, 0.717) is 13.0 Å². The highest BCUT2D eigenvalue weighted by Crippen LogP contribution is 2.21. The molecule has 4 heteroatoms.